The van der Waals surface area contributed by atoms with E-state index in [1.165, 1.54) is 10.5 Å². The standard InChI is InChI=1S/C24H25N3O4/c28-23-18-26(11-12-27(23)30)24(29)22-9-7-20(8-10-22)2-1-19-3-5-21(6-4-19)17-25-13-15-31-16-14-25/h3-10,30H,11-18H2. The Labute approximate surface area is 181 Å². The molecule has 4 rings (SSSR count). The molecular weight excluding hydrogens is 394 g/mol. The molecule has 0 aromatic heterocycles. The van der Waals surface area contributed by atoms with Gasteiger partial charge in [-0.1, -0.05) is 24.0 Å². The van der Waals surface area contributed by atoms with Gasteiger partial charge in [0.1, 0.15) is 6.54 Å². The van der Waals surface area contributed by atoms with Gasteiger partial charge >= 0.3 is 0 Å². The van der Waals surface area contributed by atoms with Gasteiger partial charge in [-0.25, -0.2) is 5.06 Å². The molecule has 2 amide bonds. The van der Waals surface area contributed by atoms with Crippen LogP contribution in [0.4, 0.5) is 0 Å². The van der Waals surface area contributed by atoms with Gasteiger partial charge in [0.15, 0.2) is 0 Å². The SMILES string of the molecule is O=C1CN(C(=O)c2ccc(C#Cc3ccc(CN4CCOCC4)cc3)cc2)CCN1O. The fourth-order valence-corrected chi connectivity index (χ4v) is 3.57. The van der Waals surface area contributed by atoms with E-state index in [-0.39, 0.29) is 19.0 Å². The summed E-state index contributed by atoms with van der Waals surface area (Å²) in [5, 5.41) is 10.0. The normalized spacial score (nSPS) is 17.3. The third-order valence-corrected chi connectivity index (χ3v) is 5.43. The van der Waals surface area contributed by atoms with E-state index >= 15 is 0 Å². The summed E-state index contributed by atoms with van der Waals surface area (Å²) in [5.41, 5.74) is 3.50. The van der Waals surface area contributed by atoms with Crippen LogP contribution in [0, 0.1) is 11.8 Å². The Hall–Kier alpha value is -3.18. The van der Waals surface area contributed by atoms with Gasteiger partial charge in [-0.15, -0.1) is 0 Å². The molecule has 2 aliphatic rings. The highest BCUT2D eigenvalue weighted by Gasteiger charge is 2.26. The first kappa shape index (κ1) is 21.1. The van der Waals surface area contributed by atoms with E-state index in [9.17, 15) is 14.8 Å². The first-order valence-electron chi connectivity index (χ1n) is 10.4. The average molecular weight is 419 g/mol. The quantitative estimate of drug-likeness (QED) is 0.604. The van der Waals surface area contributed by atoms with Crippen LogP contribution in [0.1, 0.15) is 27.0 Å². The summed E-state index contributed by atoms with van der Waals surface area (Å²) in [7, 11) is 0. The van der Waals surface area contributed by atoms with Crippen molar-refractivity contribution in [1.29, 1.82) is 0 Å². The van der Waals surface area contributed by atoms with Gasteiger partial charge in [0.05, 0.1) is 19.8 Å². The number of carbonyl (C=O) groups is 2. The Morgan fingerprint density at radius 3 is 2.13 bits per heavy atom. The first-order chi connectivity index (χ1) is 15.1. The molecule has 0 aliphatic carbocycles. The highest BCUT2D eigenvalue weighted by Crippen LogP contribution is 2.11. The molecule has 160 valence electrons. The first-order valence-corrected chi connectivity index (χ1v) is 10.4. The van der Waals surface area contributed by atoms with Crippen molar-refractivity contribution in [2.45, 2.75) is 6.54 Å². The molecule has 2 aromatic rings. The van der Waals surface area contributed by atoms with Crippen LogP contribution >= 0.6 is 0 Å². The van der Waals surface area contributed by atoms with Crippen LogP contribution in [-0.4, -0.2) is 77.8 Å². The molecule has 2 aliphatic heterocycles. The van der Waals surface area contributed by atoms with Crippen molar-refractivity contribution in [2.75, 3.05) is 45.9 Å². The average Bonchev–Trinajstić information content (AvgIpc) is 2.81. The molecule has 2 heterocycles. The molecule has 0 bridgehead atoms. The highest BCUT2D eigenvalue weighted by molar-refractivity contribution is 5.97. The number of nitrogens with zero attached hydrogens (tertiary/aromatic N) is 3. The van der Waals surface area contributed by atoms with Crippen molar-refractivity contribution in [1.82, 2.24) is 14.9 Å². The number of hydrogen-bond donors (Lipinski definition) is 1. The van der Waals surface area contributed by atoms with Crippen molar-refractivity contribution in [2.24, 2.45) is 0 Å². The van der Waals surface area contributed by atoms with Crippen molar-refractivity contribution in [3.8, 4) is 11.8 Å². The number of morpholine rings is 1. The number of carbonyl (C=O) groups excluding carboxylic acids is 2. The van der Waals surface area contributed by atoms with E-state index in [4.69, 9.17) is 4.74 Å². The summed E-state index contributed by atoms with van der Waals surface area (Å²) >= 11 is 0. The zero-order valence-corrected chi connectivity index (χ0v) is 17.3. The lowest BCUT2D eigenvalue weighted by atomic mass is 10.1. The minimum Gasteiger partial charge on any atom is -0.379 e. The van der Waals surface area contributed by atoms with E-state index < -0.39 is 5.91 Å². The van der Waals surface area contributed by atoms with Crippen LogP contribution in [0.3, 0.4) is 0 Å². The van der Waals surface area contributed by atoms with Crippen LogP contribution in [-0.2, 0) is 16.1 Å². The summed E-state index contributed by atoms with van der Waals surface area (Å²) in [5.74, 6) is 5.58. The van der Waals surface area contributed by atoms with Gasteiger partial charge in [0, 0.05) is 42.9 Å². The number of piperazine rings is 1. The largest absolute Gasteiger partial charge is 0.379 e. The van der Waals surface area contributed by atoms with Crippen LogP contribution in [0.15, 0.2) is 48.5 Å². The van der Waals surface area contributed by atoms with Gasteiger partial charge in [0.2, 0.25) is 0 Å². The molecule has 1 N–H and O–H groups in total. The lowest BCUT2D eigenvalue weighted by molar-refractivity contribution is -0.172. The molecule has 2 aromatic carbocycles. The van der Waals surface area contributed by atoms with Crippen LogP contribution < -0.4 is 0 Å². The second-order valence-electron chi connectivity index (χ2n) is 7.66. The molecule has 0 spiro atoms. The van der Waals surface area contributed by atoms with E-state index in [0.29, 0.717) is 17.2 Å². The van der Waals surface area contributed by atoms with Gasteiger partial charge in [-0.2, -0.15) is 0 Å². The Kier molecular flexibility index (Phi) is 6.63. The predicted octanol–water partition coefficient (Wildman–Crippen LogP) is 1.59. The fraction of sp³-hybridized carbons (Fsp3) is 0.333. The summed E-state index contributed by atoms with van der Waals surface area (Å²) in [4.78, 5) is 28.0. The van der Waals surface area contributed by atoms with Crippen LogP contribution in [0.25, 0.3) is 0 Å². The third kappa shape index (κ3) is 5.50. The molecule has 7 nitrogen and oxygen atoms in total. The molecule has 7 heteroatoms. The van der Waals surface area contributed by atoms with Crippen molar-refractivity contribution < 1.29 is 19.5 Å². The molecule has 0 saturated carbocycles. The molecule has 2 fully saturated rings. The van der Waals surface area contributed by atoms with Gasteiger partial charge in [-0.3, -0.25) is 19.7 Å². The summed E-state index contributed by atoms with van der Waals surface area (Å²) in [6.07, 6.45) is 0. The number of hydrogen-bond acceptors (Lipinski definition) is 5. The third-order valence-electron chi connectivity index (χ3n) is 5.43. The molecule has 0 atom stereocenters. The zero-order valence-electron chi connectivity index (χ0n) is 17.3. The molecule has 2 saturated heterocycles. The molecule has 0 radical (unpaired) electrons. The van der Waals surface area contributed by atoms with E-state index in [0.717, 1.165) is 44.0 Å². The summed E-state index contributed by atoms with van der Waals surface area (Å²) in [6.45, 7) is 4.77. The number of hydroxylamine groups is 2. The maximum absolute atomic E-state index is 12.5. The molecule has 31 heavy (non-hydrogen) atoms. The second kappa shape index (κ2) is 9.75. The van der Waals surface area contributed by atoms with Gasteiger partial charge in [-0.05, 0) is 42.0 Å². The van der Waals surface area contributed by atoms with Crippen LogP contribution in [0.2, 0.25) is 0 Å². The Balaban J connectivity index is 1.35. The van der Waals surface area contributed by atoms with Crippen molar-refractivity contribution in [3.63, 3.8) is 0 Å². The Morgan fingerprint density at radius 2 is 1.52 bits per heavy atom. The minimum absolute atomic E-state index is 0.113. The minimum atomic E-state index is -0.474. The predicted molar refractivity (Wildman–Crippen MR) is 114 cm³/mol. The van der Waals surface area contributed by atoms with E-state index in [1.54, 1.807) is 24.3 Å². The molecule has 0 unspecified atom stereocenters. The fourth-order valence-electron chi connectivity index (χ4n) is 3.57. The monoisotopic (exact) mass is 419 g/mol. The zero-order chi connectivity index (χ0) is 21.6. The smallest absolute Gasteiger partial charge is 0.265 e. The number of ether oxygens (including phenoxy) is 1. The number of rotatable bonds is 3. The lowest BCUT2D eigenvalue weighted by Crippen LogP contribution is -2.50. The summed E-state index contributed by atoms with van der Waals surface area (Å²) < 4.78 is 5.38. The van der Waals surface area contributed by atoms with E-state index in [1.807, 2.05) is 12.1 Å². The van der Waals surface area contributed by atoms with Gasteiger partial charge in [0.25, 0.3) is 11.8 Å². The highest BCUT2D eigenvalue weighted by atomic mass is 16.5. The second-order valence-corrected chi connectivity index (χ2v) is 7.66. The van der Waals surface area contributed by atoms with Gasteiger partial charge < -0.3 is 9.64 Å². The van der Waals surface area contributed by atoms with Crippen molar-refractivity contribution >= 4 is 11.8 Å². The maximum atomic E-state index is 12.5. The van der Waals surface area contributed by atoms with Crippen molar-refractivity contribution in [3.05, 3.63) is 70.8 Å². The van der Waals surface area contributed by atoms with Crippen LogP contribution in [0.5, 0.6) is 0 Å². The number of amides is 2. The Bertz CT molecular complexity index is 986. The maximum Gasteiger partial charge on any atom is 0.265 e. The Morgan fingerprint density at radius 1 is 0.903 bits per heavy atom. The summed E-state index contributed by atoms with van der Waals surface area (Å²) in [6, 6.07) is 15.3. The lowest BCUT2D eigenvalue weighted by Gasteiger charge is -2.30. The topological polar surface area (TPSA) is 73.3 Å². The molecular formula is C24H25N3O4. The van der Waals surface area contributed by atoms with E-state index in [2.05, 4.69) is 28.9 Å². The number of benzene rings is 2.